The molecule has 1 atom stereocenters. The third kappa shape index (κ3) is 4.03. The highest BCUT2D eigenvalue weighted by atomic mass is 16.3. The second-order valence-electron chi connectivity index (χ2n) is 5.70. The summed E-state index contributed by atoms with van der Waals surface area (Å²) in [4.78, 5) is 2.26. The zero-order chi connectivity index (χ0) is 16.1. The van der Waals surface area contributed by atoms with E-state index < -0.39 is 6.10 Å². The van der Waals surface area contributed by atoms with Crippen LogP contribution in [0.2, 0.25) is 0 Å². The summed E-state index contributed by atoms with van der Waals surface area (Å²) in [7, 11) is 0. The number of rotatable bonds is 5. The normalized spacial score (nSPS) is 15.5. The standard InChI is InChI=1S/C17H19N5O/c18-9-15-5-6-17(21-20-15)19-10-16(23)12-22-8-7-13-3-1-2-4-14(13)11-22/h1-6,16,23H,7-8,10-12H2,(H,19,21). The van der Waals surface area contributed by atoms with Gasteiger partial charge in [-0.25, -0.2) is 0 Å². The predicted molar refractivity (Wildman–Crippen MR) is 86.7 cm³/mol. The van der Waals surface area contributed by atoms with E-state index in [4.69, 9.17) is 5.26 Å². The summed E-state index contributed by atoms with van der Waals surface area (Å²) in [5.41, 5.74) is 3.03. The highest BCUT2D eigenvalue weighted by molar-refractivity contribution is 5.35. The molecule has 23 heavy (non-hydrogen) atoms. The fourth-order valence-corrected chi connectivity index (χ4v) is 2.78. The minimum Gasteiger partial charge on any atom is -0.390 e. The second kappa shape index (κ2) is 7.18. The van der Waals surface area contributed by atoms with Gasteiger partial charge in [0.2, 0.25) is 0 Å². The van der Waals surface area contributed by atoms with Crippen molar-refractivity contribution in [1.29, 1.82) is 5.26 Å². The number of aliphatic hydroxyl groups excluding tert-OH is 1. The van der Waals surface area contributed by atoms with E-state index in [-0.39, 0.29) is 5.69 Å². The molecule has 1 aromatic carbocycles. The van der Waals surface area contributed by atoms with Crippen molar-refractivity contribution in [3.63, 3.8) is 0 Å². The fraction of sp³-hybridized carbons (Fsp3) is 0.353. The lowest BCUT2D eigenvalue weighted by Gasteiger charge is -2.30. The Balaban J connectivity index is 1.48. The lowest BCUT2D eigenvalue weighted by atomic mass is 10.00. The van der Waals surface area contributed by atoms with Gasteiger partial charge in [0.1, 0.15) is 11.9 Å². The van der Waals surface area contributed by atoms with E-state index in [0.29, 0.717) is 18.9 Å². The van der Waals surface area contributed by atoms with Gasteiger partial charge in [-0.15, -0.1) is 10.2 Å². The number of benzene rings is 1. The van der Waals surface area contributed by atoms with E-state index in [1.807, 2.05) is 6.07 Å². The molecule has 1 aliphatic heterocycles. The van der Waals surface area contributed by atoms with Crippen molar-refractivity contribution in [2.75, 3.05) is 25.0 Å². The van der Waals surface area contributed by atoms with E-state index >= 15 is 0 Å². The molecule has 1 aromatic heterocycles. The Bertz CT molecular complexity index is 695. The number of fused-ring (bicyclic) bond motifs is 1. The van der Waals surface area contributed by atoms with E-state index in [9.17, 15) is 5.11 Å². The van der Waals surface area contributed by atoms with Crippen molar-refractivity contribution in [2.24, 2.45) is 0 Å². The lowest BCUT2D eigenvalue weighted by molar-refractivity contribution is 0.114. The molecule has 0 radical (unpaired) electrons. The number of nitrogens with one attached hydrogen (secondary N) is 1. The van der Waals surface area contributed by atoms with Crippen LogP contribution in [0.5, 0.6) is 0 Å². The van der Waals surface area contributed by atoms with Crippen LogP contribution in [0, 0.1) is 11.3 Å². The van der Waals surface area contributed by atoms with Crippen molar-refractivity contribution in [3.8, 4) is 6.07 Å². The van der Waals surface area contributed by atoms with Crippen LogP contribution in [-0.2, 0) is 13.0 Å². The van der Waals surface area contributed by atoms with Gasteiger partial charge in [0.25, 0.3) is 0 Å². The molecule has 6 heteroatoms. The van der Waals surface area contributed by atoms with Crippen LogP contribution in [0.15, 0.2) is 36.4 Å². The number of nitrogens with zero attached hydrogens (tertiary/aromatic N) is 4. The number of hydrogen-bond donors (Lipinski definition) is 2. The molecule has 0 saturated carbocycles. The molecule has 1 aliphatic rings. The maximum atomic E-state index is 10.2. The number of nitriles is 1. The van der Waals surface area contributed by atoms with Crippen molar-refractivity contribution < 1.29 is 5.11 Å². The molecule has 6 nitrogen and oxygen atoms in total. The zero-order valence-electron chi connectivity index (χ0n) is 12.8. The molecule has 0 amide bonds. The molecule has 0 fully saturated rings. The smallest absolute Gasteiger partial charge is 0.163 e. The summed E-state index contributed by atoms with van der Waals surface area (Å²) in [6, 6.07) is 13.7. The first-order valence-electron chi connectivity index (χ1n) is 7.69. The second-order valence-corrected chi connectivity index (χ2v) is 5.70. The average Bonchev–Trinajstić information content (AvgIpc) is 2.60. The minimum atomic E-state index is -0.488. The minimum absolute atomic E-state index is 0.281. The monoisotopic (exact) mass is 309 g/mol. The Morgan fingerprint density at radius 1 is 1.22 bits per heavy atom. The Labute approximate surface area is 135 Å². The maximum Gasteiger partial charge on any atom is 0.163 e. The van der Waals surface area contributed by atoms with Gasteiger partial charge in [-0.2, -0.15) is 5.26 Å². The Hall–Kier alpha value is -2.49. The Morgan fingerprint density at radius 2 is 2.04 bits per heavy atom. The van der Waals surface area contributed by atoms with Gasteiger partial charge in [0, 0.05) is 26.2 Å². The van der Waals surface area contributed by atoms with Crippen LogP contribution >= 0.6 is 0 Å². The van der Waals surface area contributed by atoms with Crippen LogP contribution in [0.25, 0.3) is 0 Å². The SMILES string of the molecule is N#Cc1ccc(NCC(O)CN2CCc3ccccc3C2)nn1. The number of aliphatic hydroxyl groups is 1. The number of aromatic nitrogens is 2. The molecular weight excluding hydrogens is 290 g/mol. The van der Waals surface area contributed by atoms with E-state index in [0.717, 1.165) is 19.5 Å². The van der Waals surface area contributed by atoms with Crippen LogP contribution in [0.3, 0.4) is 0 Å². The first-order chi connectivity index (χ1) is 11.2. The fourth-order valence-electron chi connectivity index (χ4n) is 2.78. The van der Waals surface area contributed by atoms with Gasteiger partial charge in [0.05, 0.1) is 6.10 Å². The topological polar surface area (TPSA) is 85.1 Å². The van der Waals surface area contributed by atoms with E-state index in [1.165, 1.54) is 11.1 Å². The molecule has 2 N–H and O–H groups in total. The lowest BCUT2D eigenvalue weighted by Crippen LogP contribution is -2.39. The van der Waals surface area contributed by atoms with E-state index in [1.54, 1.807) is 12.1 Å². The molecule has 0 aliphatic carbocycles. The number of anilines is 1. The van der Waals surface area contributed by atoms with Crippen LogP contribution in [0.4, 0.5) is 5.82 Å². The molecular formula is C17H19N5O. The van der Waals surface area contributed by atoms with Crippen molar-refractivity contribution in [1.82, 2.24) is 15.1 Å². The summed E-state index contributed by atoms with van der Waals surface area (Å²) >= 11 is 0. The van der Waals surface area contributed by atoms with Crippen molar-refractivity contribution in [2.45, 2.75) is 19.1 Å². The highest BCUT2D eigenvalue weighted by Gasteiger charge is 2.18. The van der Waals surface area contributed by atoms with Gasteiger partial charge in [0.15, 0.2) is 5.69 Å². The molecule has 2 aromatic rings. The summed E-state index contributed by atoms with van der Waals surface area (Å²) in [6.07, 6.45) is 0.537. The first-order valence-corrected chi connectivity index (χ1v) is 7.69. The summed E-state index contributed by atoms with van der Waals surface area (Å²) in [5.74, 6) is 0.562. The van der Waals surface area contributed by atoms with Gasteiger partial charge in [-0.1, -0.05) is 24.3 Å². The average molecular weight is 309 g/mol. The quantitative estimate of drug-likeness (QED) is 0.862. The van der Waals surface area contributed by atoms with Crippen molar-refractivity contribution in [3.05, 3.63) is 53.2 Å². The first kappa shape index (κ1) is 15.4. The molecule has 0 spiro atoms. The molecule has 1 unspecified atom stereocenters. The molecule has 2 heterocycles. The Morgan fingerprint density at radius 3 is 2.78 bits per heavy atom. The summed E-state index contributed by atoms with van der Waals surface area (Å²) in [6.45, 7) is 2.86. The van der Waals surface area contributed by atoms with Crippen LogP contribution in [0.1, 0.15) is 16.8 Å². The molecule has 0 saturated heterocycles. The van der Waals surface area contributed by atoms with Gasteiger partial charge in [-0.05, 0) is 29.7 Å². The molecule has 0 bridgehead atoms. The zero-order valence-corrected chi connectivity index (χ0v) is 12.8. The summed E-state index contributed by atoms with van der Waals surface area (Å²) in [5, 5.41) is 29.6. The van der Waals surface area contributed by atoms with Gasteiger partial charge >= 0.3 is 0 Å². The van der Waals surface area contributed by atoms with Crippen molar-refractivity contribution >= 4 is 5.82 Å². The number of β-amino-alcohol motifs (C(OH)–C–C–N with tert-alkyl or cyclic N) is 1. The number of hydrogen-bond acceptors (Lipinski definition) is 6. The van der Waals surface area contributed by atoms with Crippen LogP contribution in [-0.4, -0.2) is 45.9 Å². The third-order valence-corrected chi connectivity index (χ3v) is 3.98. The largest absolute Gasteiger partial charge is 0.390 e. The van der Waals surface area contributed by atoms with Crippen LogP contribution < -0.4 is 5.32 Å². The maximum absolute atomic E-state index is 10.2. The van der Waals surface area contributed by atoms with E-state index in [2.05, 4.69) is 44.7 Å². The highest BCUT2D eigenvalue weighted by Crippen LogP contribution is 2.18. The predicted octanol–water partition coefficient (Wildman–Crippen LogP) is 1.18. The Kier molecular flexibility index (Phi) is 4.81. The molecule has 118 valence electrons. The summed E-state index contributed by atoms with van der Waals surface area (Å²) < 4.78 is 0. The third-order valence-electron chi connectivity index (χ3n) is 3.98. The molecule has 3 rings (SSSR count). The van der Waals surface area contributed by atoms with Gasteiger partial charge < -0.3 is 10.4 Å². The van der Waals surface area contributed by atoms with Gasteiger partial charge in [-0.3, -0.25) is 4.90 Å².